The predicted octanol–water partition coefficient (Wildman–Crippen LogP) is 1.70. The first-order valence-electron chi connectivity index (χ1n) is 9.02. The summed E-state index contributed by atoms with van der Waals surface area (Å²) in [4.78, 5) is 6.86. The molecule has 1 saturated heterocycles. The summed E-state index contributed by atoms with van der Waals surface area (Å²) in [5.74, 6) is 2.42. The van der Waals surface area contributed by atoms with Crippen LogP contribution in [0.15, 0.2) is 4.99 Å². The highest BCUT2D eigenvalue weighted by Crippen LogP contribution is 2.28. The molecule has 1 unspecified atom stereocenters. The van der Waals surface area contributed by atoms with Gasteiger partial charge in [-0.1, -0.05) is 6.92 Å². The fourth-order valence-electron chi connectivity index (χ4n) is 2.88. The van der Waals surface area contributed by atoms with Gasteiger partial charge < -0.3 is 20.3 Å². The molecule has 0 radical (unpaired) electrons. The molecule has 2 N–H and O–H groups in total. The first-order valence-corrected chi connectivity index (χ1v) is 9.02. The number of rotatable bonds is 10. The molecule has 5 nitrogen and oxygen atoms in total. The van der Waals surface area contributed by atoms with Crippen molar-refractivity contribution in [1.82, 2.24) is 15.5 Å². The molecule has 5 heteroatoms. The highest BCUT2D eigenvalue weighted by atomic mass is 16.5. The summed E-state index contributed by atoms with van der Waals surface area (Å²) >= 11 is 0. The number of nitrogens with one attached hydrogen (secondary N) is 2. The molecule has 1 aliphatic heterocycles. The van der Waals surface area contributed by atoms with Gasteiger partial charge in [0.1, 0.15) is 0 Å². The number of nitrogens with zero attached hydrogens (tertiary/aromatic N) is 2. The van der Waals surface area contributed by atoms with E-state index in [4.69, 9.17) is 4.74 Å². The number of hydrogen-bond acceptors (Lipinski definition) is 3. The van der Waals surface area contributed by atoms with E-state index in [1.807, 2.05) is 7.05 Å². The fraction of sp³-hybridized carbons (Fsp3) is 0.941. The SMILES string of the molecule is CN=C(NCCCOCC1CC1)NCC(C)CN1CCCC1. The van der Waals surface area contributed by atoms with Gasteiger partial charge in [-0.05, 0) is 57.0 Å². The third-order valence-electron chi connectivity index (χ3n) is 4.42. The van der Waals surface area contributed by atoms with E-state index < -0.39 is 0 Å². The standard InChI is InChI=1S/C17H34N4O/c1-15(13-21-9-3-4-10-21)12-20-17(18-2)19-8-5-11-22-14-16-6-7-16/h15-16H,3-14H2,1-2H3,(H2,18,19,20). The molecule has 128 valence electrons. The van der Waals surface area contributed by atoms with Gasteiger partial charge in [0.25, 0.3) is 0 Å². The molecule has 1 heterocycles. The Labute approximate surface area is 135 Å². The minimum absolute atomic E-state index is 0.651. The fourth-order valence-corrected chi connectivity index (χ4v) is 2.88. The zero-order chi connectivity index (χ0) is 15.6. The van der Waals surface area contributed by atoms with Crippen LogP contribution in [0.1, 0.15) is 39.0 Å². The lowest BCUT2D eigenvalue weighted by molar-refractivity contribution is 0.123. The Hall–Kier alpha value is -0.810. The minimum Gasteiger partial charge on any atom is -0.381 e. The van der Waals surface area contributed by atoms with Gasteiger partial charge in [0.2, 0.25) is 0 Å². The maximum Gasteiger partial charge on any atom is 0.190 e. The van der Waals surface area contributed by atoms with Crippen LogP contribution in [0.25, 0.3) is 0 Å². The summed E-state index contributed by atoms with van der Waals surface area (Å²) in [5, 5.41) is 6.80. The first kappa shape index (κ1) is 17.5. The summed E-state index contributed by atoms with van der Waals surface area (Å²) in [6, 6.07) is 0. The van der Waals surface area contributed by atoms with E-state index in [-0.39, 0.29) is 0 Å². The third-order valence-corrected chi connectivity index (χ3v) is 4.42. The van der Waals surface area contributed by atoms with E-state index in [1.165, 1.54) is 45.3 Å². The molecule has 22 heavy (non-hydrogen) atoms. The Balaban J connectivity index is 1.46. The van der Waals surface area contributed by atoms with Gasteiger partial charge >= 0.3 is 0 Å². The second-order valence-electron chi connectivity index (χ2n) is 6.86. The molecular formula is C17H34N4O. The number of hydrogen-bond donors (Lipinski definition) is 2. The van der Waals surface area contributed by atoms with Crippen molar-refractivity contribution >= 4 is 5.96 Å². The lowest BCUT2D eigenvalue weighted by Crippen LogP contribution is -2.41. The Morgan fingerprint density at radius 3 is 2.73 bits per heavy atom. The molecule has 0 aromatic heterocycles. The van der Waals surface area contributed by atoms with E-state index >= 15 is 0 Å². The van der Waals surface area contributed by atoms with Gasteiger partial charge in [-0.3, -0.25) is 4.99 Å². The van der Waals surface area contributed by atoms with Gasteiger partial charge in [-0.15, -0.1) is 0 Å². The Morgan fingerprint density at radius 1 is 1.27 bits per heavy atom. The van der Waals surface area contributed by atoms with E-state index in [2.05, 4.69) is 27.4 Å². The lowest BCUT2D eigenvalue weighted by Gasteiger charge is -2.21. The number of likely N-dealkylation sites (tertiary alicyclic amines) is 1. The summed E-state index contributed by atoms with van der Waals surface area (Å²) in [6.45, 7) is 9.77. The average Bonchev–Trinajstić information content (AvgIpc) is 3.21. The predicted molar refractivity (Wildman–Crippen MR) is 92.4 cm³/mol. The van der Waals surface area contributed by atoms with Gasteiger partial charge in [-0.2, -0.15) is 0 Å². The minimum atomic E-state index is 0.651. The highest BCUT2D eigenvalue weighted by molar-refractivity contribution is 5.79. The molecule has 0 bridgehead atoms. The molecule has 2 rings (SSSR count). The van der Waals surface area contributed by atoms with Crippen molar-refractivity contribution < 1.29 is 4.74 Å². The molecule has 2 aliphatic rings. The molecule has 2 fully saturated rings. The van der Waals surface area contributed by atoms with Crippen LogP contribution in [0, 0.1) is 11.8 Å². The van der Waals surface area contributed by atoms with Crippen LogP contribution in [0.4, 0.5) is 0 Å². The normalized spacial score (nSPS) is 21.1. The number of guanidine groups is 1. The topological polar surface area (TPSA) is 48.9 Å². The van der Waals surface area contributed by atoms with Crippen LogP contribution < -0.4 is 10.6 Å². The van der Waals surface area contributed by atoms with Gasteiger partial charge in [0, 0.05) is 39.9 Å². The van der Waals surface area contributed by atoms with Crippen molar-refractivity contribution in [3.05, 3.63) is 0 Å². The second kappa shape index (κ2) is 10.1. The average molecular weight is 310 g/mol. The largest absolute Gasteiger partial charge is 0.381 e. The summed E-state index contributed by atoms with van der Waals surface area (Å²) in [7, 11) is 1.84. The van der Waals surface area contributed by atoms with Crippen LogP contribution in [-0.4, -0.2) is 63.8 Å². The molecule has 1 atom stereocenters. The Kier molecular flexibility index (Phi) is 8.02. The van der Waals surface area contributed by atoms with E-state index in [1.54, 1.807) is 0 Å². The van der Waals surface area contributed by atoms with Gasteiger partial charge in [-0.25, -0.2) is 0 Å². The smallest absolute Gasteiger partial charge is 0.190 e. The van der Waals surface area contributed by atoms with Gasteiger partial charge in [0.15, 0.2) is 5.96 Å². The van der Waals surface area contributed by atoms with E-state index in [9.17, 15) is 0 Å². The van der Waals surface area contributed by atoms with Crippen LogP contribution in [0.2, 0.25) is 0 Å². The maximum atomic E-state index is 5.64. The van der Waals surface area contributed by atoms with Crippen LogP contribution in [0.5, 0.6) is 0 Å². The second-order valence-corrected chi connectivity index (χ2v) is 6.86. The quantitative estimate of drug-likeness (QED) is 0.366. The zero-order valence-corrected chi connectivity index (χ0v) is 14.4. The molecule has 0 aromatic rings. The monoisotopic (exact) mass is 310 g/mol. The number of ether oxygens (including phenoxy) is 1. The van der Waals surface area contributed by atoms with Crippen molar-refractivity contribution in [2.75, 3.05) is 53.0 Å². The van der Waals surface area contributed by atoms with Crippen LogP contribution in [0.3, 0.4) is 0 Å². The first-order chi connectivity index (χ1) is 10.8. The molecule has 0 aromatic carbocycles. The maximum absolute atomic E-state index is 5.64. The third kappa shape index (κ3) is 7.45. The van der Waals surface area contributed by atoms with Crippen molar-refractivity contribution in [2.45, 2.75) is 39.0 Å². The van der Waals surface area contributed by atoms with E-state index in [0.29, 0.717) is 5.92 Å². The zero-order valence-electron chi connectivity index (χ0n) is 14.4. The summed E-state index contributed by atoms with van der Waals surface area (Å²) in [5.41, 5.74) is 0. The van der Waals surface area contributed by atoms with Crippen molar-refractivity contribution in [2.24, 2.45) is 16.8 Å². The van der Waals surface area contributed by atoms with Crippen molar-refractivity contribution in [3.8, 4) is 0 Å². The van der Waals surface area contributed by atoms with Crippen molar-refractivity contribution in [3.63, 3.8) is 0 Å². The number of aliphatic imine (C=N–C) groups is 1. The van der Waals surface area contributed by atoms with Crippen LogP contribution in [-0.2, 0) is 4.74 Å². The summed E-state index contributed by atoms with van der Waals surface area (Å²) < 4.78 is 5.64. The van der Waals surface area contributed by atoms with Crippen molar-refractivity contribution in [1.29, 1.82) is 0 Å². The summed E-state index contributed by atoms with van der Waals surface area (Å²) in [6.07, 6.45) is 6.50. The Bertz CT molecular complexity index is 325. The van der Waals surface area contributed by atoms with Gasteiger partial charge in [0.05, 0.1) is 0 Å². The molecule has 1 saturated carbocycles. The van der Waals surface area contributed by atoms with Crippen LogP contribution >= 0.6 is 0 Å². The lowest BCUT2D eigenvalue weighted by atomic mass is 10.1. The molecule has 0 amide bonds. The highest BCUT2D eigenvalue weighted by Gasteiger charge is 2.20. The molecule has 0 spiro atoms. The molecule has 1 aliphatic carbocycles. The molecular weight excluding hydrogens is 276 g/mol. The van der Waals surface area contributed by atoms with E-state index in [0.717, 1.165) is 44.6 Å². The Morgan fingerprint density at radius 2 is 2.05 bits per heavy atom.